The molecule has 15 nitrogen and oxygen atoms in total. The summed E-state index contributed by atoms with van der Waals surface area (Å²) in [4.78, 5) is 76.0. The highest BCUT2D eigenvalue weighted by Crippen LogP contribution is 2.52. The number of amides is 4. The van der Waals surface area contributed by atoms with E-state index in [1.807, 2.05) is 80.5 Å². The number of aryl methyl sites for hydroxylation is 1. The van der Waals surface area contributed by atoms with Gasteiger partial charge in [-0.15, -0.1) is 0 Å². The average molecular weight is 1010 g/mol. The van der Waals surface area contributed by atoms with Crippen LogP contribution in [0.5, 0.6) is 0 Å². The van der Waals surface area contributed by atoms with Crippen molar-refractivity contribution in [2.75, 3.05) is 62.6 Å². The fourth-order valence-electron chi connectivity index (χ4n) is 11.8. The van der Waals surface area contributed by atoms with Crippen LogP contribution in [0.15, 0.2) is 67.0 Å². The number of nitrogens with zero attached hydrogens (tertiary/aromatic N) is 8. The fraction of sp³-hybridized carbons (Fsp3) is 0.517. The number of ether oxygens (including phenoxy) is 1. The molecule has 3 aromatic carbocycles. The molecule has 392 valence electrons. The zero-order valence-corrected chi connectivity index (χ0v) is 44.5. The highest BCUT2D eigenvalue weighted by Gasteiger charge is 2.56. The first-order valence-corrected chi connectivity index (χ1v) is 26.9. The predicted octanol–water partition coefficient (Wildman–Crippen LogP) is 9.60. The van der Waals surface area contributed by atoms with E-state index >= 15 is 9.18 Å². The van der Waals surface area contributed by atoms with Gasteiger partial charge in [0.1, 0.15) is 16.9 Å². The van der Waals surface area contributed by atoms with Gasteiger partial charge < -0.3 is 39.5 Å². The average Bonchev–Trinajstić information content (AvgIpc) is 3.91. The number of likely N-dealkylation sites (tertiary alicyclic amines) is 2. The maximum atomic E-state index is 15.9. The van der Waals surface area contributed by atoms with Crippen molar-refractivity contribution < 1.29 is 28.3 Å². The minimum atomic E-state index is -0.777. The van der Waals surface area contributed by atoms with Crippen LogP contribution >= 0.6 is 0 Å². The van der Waals surface area contributed by atoms with Gasteiger partial charge in [-0.25, -0.2) is 19.2 Å². The van der Waals surface area contributed by atoms with Crippen molar-refractivity contribution in [2.45, 2.75) is 142 Å². The zero-order valence-electron chi connectivity index (χ0n) is 44.5. The van der Waals surface area contributed by atoms with Gasteiger partial charge in [-0.3, -0.25) is 19.3 Å². The van der Waals surface area contributed by atoms with Gasteiger partial charge in [0.05, 0.1) is 28.6 Å². The van der Waals surface area contributed by atoms with E-state index in [-0.39, 0.29) is 47.6 Å². The van der Waals surface area contributed by atoms with E-state index in [1.165, 1.54) is 25.3 Å². The van der Waals surface area contributed by atoms with E-state index in [0.29, 0.717) is 84.3 Å². The van der Waals surface area contributed by atoms with E-state index < -0.39 is 16.8 Å². The molecule has 2 aromatic heterocycles. The number of aromatic nitrogens is 3. The lowest BCUT2D eigenvalue weighted by molar-refractivity contribution is -0.125. The number of hydrogen-bond donors (Lipinski definition) is 2. The van der Waals surface area contributed by atoms with E-state index in [4.69, 9.17) is 14.7 Å². The van der Waals surface area contributed by atoms with Crippen LogP contribution in [0.2, 0.25) is 0 Å². The monoisotopic (exact) mass is 1010 g/mol. The predicted molar refractivity (Wildman–Crippen MR) is 286 cm³/mol. The summed E-state index contributed by atoms with van der Waals surface area (Å²) in [7, 11) is 0. The molecular formula is C58H73FN10O5. The van der Waals surface area contributed by atoms with Gasteiger partial charge in [0.25, 0.3) is 11.8 Å². The van der Waals surface area contributed by atoms with E-state index in [9.17, 15) is 14.4 Å². The topological polar surface area (TPSA) is 148 Å². The number of piperazine rings is 1. The van der Waals surface area contributed by atoms with Crippen LogP contribution in [-0.4, -0.2) is 134 Å². The van der Waals surface area contributed by atoms with Crippen LogP contribution < -0.4 is 15.5 Å². The van der Waals surface area contributed by atoms with Crippen molar-refractivity contribution in [2.24, 2.45) is 0 Å². The molecule has 4 aliphatic heterocycles. The summed E-state index contributed by atoms with van der Waals surface area (Å²) in [5.41, 5.74) is 6.12. The van der Waals surface area contributed by atoms with E-state index in [2.05, 4.69) is 51.3 Å². The molecule has 0 bridgehead atoms. The Morgan fingerprint density at radius 2 is 1.54 bits per heavy atom. The van der Waals surface area contributed by atoms with Crippen LogP contribution in [0.3, 0.4) is 0 Å². The Morgan fingerprint density at radius 3 is 2.20 bits per heavy atom. The maximum Gasteiger partial charge on any atom is 0.410 e. The number of imidazole rings is 1. The Balaban J connectivity index is 0.901. The van der Waals surface area contributed by atoms with Crippen LogP contribution in [-0.2, 0) is 21.5 Å². The molecule has 5 aliphatic rings. The molecule has 6 heterocycles. The summed E-state index contributed by atoms with van der Waals surface area (Å²) in [6.45, 7) is 21.8. The van der Waals surface area contributed by atoms with Crippen molar-refractivity contribution >= 4 is 52.0 Å². The first-order chi connectivity index (χ1) is 35.4. The van der Waals surface area contributed by atoms with Gasteiger partial charge in [-0.05, 0) is 160 Å². The second-order valence-corrected chi connectivity index (χ2v) is 23.0. The molecule has 1 saturated carbocycles. The normalized spacial score (nSPS) is 20.4. The Labute approximate surface area is 434 Å². The Bertz CT molecular complexity index is 2940. The van der Waals surface area contributed by atoms with Gasteiger partial charge in [0.15, 0.2) is 5.82 Å². The molecule has 0 atom stereocenters. The Morgan fingerprint density at radius 1 is 0.838 bits per heavy atom. The summed E-state index contributed by atoms with van der Waals surface area (Å²) < 4.78 is 23.5. The molecule has 5 aromatic rings. The number of fused-ring (bicyclic) bond motifs is 3. The van der Waals surface area contributed by atoms with Crippen LogP contribution in [0, 0.1) is 12.7 Å². The second kappa shape index (κ2) is 20.4. The van der Waals surface area contributed by atoms with Gasteiger partial charge in [0.2, 0.25) is 5.91 Å². The van der Waals surface area contributed by atoms with Crippen LogP contribution in [0.1, 0.15) is 137 Å². The third-order valence-electron chi connectivity index (χ3n) is 15.9. The maximum absolute atomic E-state index is 15.9. The zero-order chi connectivity index (χ0) is 52.2. The fourth-order valence-corrected chi connectivity index (χ4v) is 11.8. The summed E-state index contributed by atoms with van der Waals surface area (Å²) >= 11 is 0. The molecule has 10 rings (SSSR count). The molecule has 74 heavy (non-hydrogen) atoms. The molecule has 2 N–H and O–H groups in total. The highest BCUT2D eigenvalue weighted by atomic mass is 19.1. The minimum Gasteiger partial charge on any atom is -0.444 e. The molecule has 1 spiro atoms. The Hall–Kier alpha value is -6.39. The lowest BCUT2D eigenvalue weighted by Gasteiger charge is -2.48. The van der Waals surface area contributed by atoms with Gasteiger partial charge in [0, 0.05) is 92.4 Å². The SMILES string of the molecule is Cc1cc(F)c(Nc2nc(-c3ccc4c(c3)N(C3CC(N5CCCCC5)C3)C(=O)C43CCN(C(=O)c4ccc(CN5CCN(C(=O)OC(C)(C)C)CC5)cc4)CC3)cc3ncn(C(C)C)c23)cc1C(=O)NC(C)C. The molecule has 1 aliphatic carbocycles. The quantitative estimate of drug-likeness (QED) is 0.131. The Kier molecular flexibility index (Phi) is 14.1. The third kappa shape index (κ3) is 10.1. The van der Waals surface area contributed by atoms with E-state index in [1.54, 1.807) is 24.2 Å². The summed E-state index contributed by atoms with van der Waals surface area (Å²) in [6.07, 6.45) is 8.05. The summed E-state index contributed by atoms with van der Waals surface area (Å²) in [6, 6.07) is 19.4. The first-order valence-electron chi connectivity index (χ1n) is 26.9. The number of benzene rings is 3. The number of rotatable bonds is 11. The highest BCUT2D eigenvalue weighted by molar-refractivity contribution is 6.10. The first kappa shape index (κ1) is 51.1. The lowest BCUT2D eigenvalue weighted by atomic mass is 9.73. The number of carbonyl (C=O) groups is 4. The third-order valence-corrected chi connectivity index (χ3v) is 15.9. The van der Waals surface area contributed by atoms with Gasteiger partial charge >= 0.3 is 6.09 Å². The largest absolute Gasteiger partial charge is 0.444 e. The number of halogens is 1. The lowest BCUT2D eigenvalue weighted by Crippen LogP contribution is -2.58. The van der Waals surface area contributed by atoms with Crippen molar-refractivity contribution in [3.8, 4) is 11.3 Å². The van der Waals surface area contributed by atoms with Crippen molar-refractivity contribution in [1.29, 1.82) is 0 Å². The van der Waals surface area contributed by atoms with Crippen molar-refractivity contribution in [3.63, 3.8) is 0 Å². The number of carbonyl (C=O) groups excluding carboxylic acids is 4. The van der Waals surface area contributed by atoms with E-state index in [0.717, 1.165) is 67.9 Å². The van der Waals surface area contributed by atoms with Crippen molar-refractivity contribution in [3.05, 3.63) is 101 Å². The molecule has 16 heteroatoms. The standard InChI is InChI=1S/C58H73FN10O5/c1-36(2)61-53(70)44-32-48(46(59)28-38(44)5)63-52-51-49(60-35-68(51)37(3)4)33-47(62-52)41-16-17-45-50(29-41)69(43-30-42(31-43)65-20-10-9-11-21-65)55(72)58(45)18-22-66(23-19-58)54(71)40-14-12-39(13-15-40)34-64-24-26-67(27-25-64)56(73)74-57(6,7)8/h12-17,28-29,32-33,35-37,42-43H,9-11,18-27,30-31,34H2,1-8H3,(H,61,70)(H,62,63). The van der Waals surface area contributed by atoms with Crippen molar-refractivity contribution in [1.82, 2.24) is 39.5 Å². The number of nitrogens with one attached hydrogen (secondary N) is 2. The molecule has 0 radical (unpaired) electrons. The number of pyridine rings is 1. The second-order valence-electron chi connectivity index (χ2n) is 23.0. The van der Waals surface area contributed by atoms with Crippen LogP contribution in [0.25, 0.3) is 22.3 Å². The number of hydrogen-bond acceptors (Lipinski definition) is 10. The van der Waals surface area contributed by atoms with Gasteiger partial charge in [-0.1, -0.05) is 30.7 Å². The summed E-state index contributed by atoms with van der Waals surface area (Å²) in [5, 5.41) is 6.21. The minimum absolute atomic E-state index is 0.0235. The molecule has 4 amide bonds. The molecule has 4 fully saturated rings. The van der Waals surface area contributed by atoms with Crippen LogP contribution in [0.4, 0.5) is 26.4 Å². The summed E-state index contributed by atoms with van der Waals surface area (Å²) in [5.74, 6) is -0.316. The van der Waals surface area contributed by atoms with Gasteiger partial charge in [-0.2, -0.15) is 0 Å². The molecular weight excluding hydrogens is 936 g/mol. The number of piperidine rings is 2. The molecule has 0 unspecified atom stereocenters. The number of anilines is 3. The smallest absolute Gasteiger partial charge is 0.410 e. The molecule has 3 saturated heterocycles.